The van der Waals surface area contributed by atoms with Gasteiger partial charge in [0.05, 0.1) is 6.42 Å². The van der Waals surface area contributed by atoms with Crippen LogP contribution in [0.25, 0.3) is 0 Å². The summed E-state index contributed by atoms with van der Waals surface area (Å²) < 4.78 is 17.8. The number of imide groups is 1. The summed E-state index contributed by atoms with van der Waals surface area (Å²) in [7, 11) is 0. The first-order valence-corrected chi connectivity index (χ1v) is 4.97. The highest BCUT2D eigenvalue weighted by Crippen LogP contribution is 2.17. The van der Waals surface area contributed by atoms with E-state index in [0.29, 0.717) is 0 Å². The van der Waals surface area contributed by atoms with E-state index in [0.717, 1.165) is 4.90 Å². The van der Waals surface area contributed by atoms with E-state index < -0.39 is 23.8 Å². The van der Waals surface area contributed by atoms with Crippen molar-refractivity contribution in [1.29, 1.82) is 0 Å². The molecule has 1 fully saturated rings. The van der Waals surface area contributed by atoms with E-state index in [9.17, 15) is 14.0 Å². The summed E-state index contributed by atoms with van der Waals surface area (Å²) in [6.45, 7) is 5.26. The first kappa shape index (κ1) is 11.9. The Balaban J connectivity index is 2.57. The average Bonchev–Trinajstić information content (AvgIpc) is 1.99. The zero-order chi connectivity index (χ0) is 11.6. The lowest BCUT2D eigenvalue weighted by Crippen LogP contribution is -2.45. The lowest BCUT2D eigenvalue weighted by molar-refractivity contribution is -0.134. The van der Waals surface area contributed by atoms with Gasteiger partial charge in [-0.1, -0.05) is 0 Å². The number of ether oxygens (including phenoxy) is 1. The average molecular weight is 217 g/mol. The molecule has 0 aromatic rings. The highest BCUT2D eigenvalue weighted by Gasteiger charge is 2.32. The lowest BCUT2D eigenvalue weighted by atomic mass is 10.1. The number of amides is 2. The summed E-state index contributed by atoms with van der Waals surface area (Å²) in [6.07, 6.45) is -1.83. The maximum atomic E-state index is 12.8. The maximum absolute atomic E-state index is 12.8. The van der Waals surface area contributed by atoms with Crippen LogP contribution in [-0.2, 0) is 9.53 Å². The minimum absolute atomic E-state index is 0.106. The molecule has 0 N–H and O–H groups in total. The molecule has 0 aromatic carbocycles. The molecular formula is C10H16FNO3. The molecule has 1 saturated heterocycles. The monoisotopic (exact) mass is 217 g/mol. The minimum atomic E-state index is -1.13. The Kier molecular flexibility index (Phi) is 3.31. The van der Waals surface area contributed by atoms with Gasteiger partial charge < -0.3 is 4.74 Å². The highest BCUT2D eigenvalue weighted by atomic mass is 19.1. The topological polar surface area (TPSA) is 46.6 Å². The molecule has 86 valence electrons. The second kappa shape index (κ2) is 4.16. The van der Waals surface area contributed by atoms with Gasteiger partial charge in [-0.05, 0) is 27.2 Å². The van der Waals surface area contributed by atoms with Crippen molar-refractivity contribution in [3.05, 3.63) is 0 Å². The molecule has 4 nitrogen and oxygen atoms in total. The second-order valence-corrected chi connectivity index (χ2v) is 4.62. The van der Waals surface area contributed by atoms with Crippen LogP contribution in [0.5, 0.6) is 0 Å². The van der Waals surface area contributed by atoms with Gasteiger partial charge in [-0.25, -0.2) is 14.1 Å². The molecule has 5 heteroatoms. The molecule has 0 radical (unpaired) electrons. The molecule has 2 amide bonds. The molecule has 0 saturated carbocycles. The molecule has 1 rings (SSSR count). The number of hydrogen-bond donors (Lipinski definition) is 0. The molecule has 0 aliphatic carbocycles. The molecule has 1 heterocycles. The Morgan fingerprint density at radius 1 is 1.53 bits per heavy atom. The first-order valence-electron chi connectivity index (χ1n) is 4.97. The number of halogens is 1. The van der Waals surface area contributed by atoms with Crippen LogP contribution >= 0.6 is 0 Å². The molecule has 1 atom stereocenters. The smallest absolute Gasteiger partial charge is 0.417 e. The van der Waals surface area contributed by atoms with Crippen LogP contribution in [0.3, 0.4) is 0 Å². The molecule has 1 unspecified atom stereocenters. The summed E-state index contributed by atoms with van der Waals surface area (Å²) in [5.74, 6) is -0.497. The number of likely N-dealkylation sites (tertiary alicyclic amines) is 1. The Morgan fingerprint density at radius 2 is 2.13 bits per heavy atom. The van der Waals surface area contributed by atoms with Crippen molar-refractivity contribution in [1.82, 2.24) is 4.90 Å². The van der Waals surface area contributed by atoms with Gasteiger partial charge in [0.1, 0.15) is 11.8 Å². The predicted molar refractivity (Wildman–Crippen MR) is 52.1 cm³/mol. The summed E-state index contributed by atoms with van der Waals surface area (Å²) >= 11 is 0. The molecule has 1 aliphatic rings. The SMILES string of the molecule is CC(C)(C)OC(=O)N1CCC(F)CC1=O. The van der Waals surface area contributed by atoms with Gasteiger partial charge in [0.2, 0.25) is 5.91 Å². The van der Waals surface area contributed by atoms with E-state index in [1.54, 1.807) is 20.8 Å². The fraction of sp³-hybridized carbons (Fsp3) is 0.800. The van der Waals surface area contributed by atoms with Crippen molar-refractivity contribution in [2.24, 2.45) is 0 Å². The zero-order valence-electron chi connectivity index (χ0n) is 9.25. The van der Waals surface area contributed by atoms with Crippen LogP contribution in [0, 0.1) is 0 Å². The number of alkyl halides is 1. The molecule has 1 aliphatic heterocycles. The Labute approximate surface area is 88.4 Å². The number of rotatable bonds is 0. The van der Waals surface area contributed by atoms with Gasteiger partial charge in [-0.2, -0.15) is 0 Å². The van der Waals surface area contributed by atoms with E-state index in [2.05, 4.69) is 0 Å². The summed E-state index contributed by atoms with van der Waals surface area (Å²) in [5.41, 5.74) is -0.635. The fourth-order valence-electron chi connectivity index (χ4n) is 1.31. The standard InChI is InChI=1S/C10H16FNO3/c1-10(2,3)15-9(14)12-5-4-7(11)6-8(12)13/h7H,4-6H2,1-3H3. The van der Waals surface area contributed by atoms with Crippen molar-refractivity contribution in [2.75, 3.05) is 6.54 Å². The Hall–Kier alpha value is -1.13. The first-order chi connectivity index (χ1) is 6.79. The van der Waals surface area contributed by atoms with Gasteiger partial charge in [0.25, 0.3) is 0 Å². The Morgan fingerprint density at radius 3 is 2.60 bits per heavy atom. The number of nitrogens with zero attached hydrogens (tertiary/aromatic N) is 1. The predicted octanol–water partition coefficient (Wildman–Crippen LogP) is 1.88. The van der Waals surface area contributed by atoms with Crippen molar-refractivity contribution in [3.8, 4) is 0 Å². The third-order valence-electron chi connectivity index (χ3n) is 1.98. The van der Waals surface area contributed by atoms with Crippen molar-refractivity contribution < 1.29 is 18.7 Å². The van der Waals surface area contributed by atoms with Gasteiger partial charge in [-0.3, -0.25) is 4.79 Å². The number of carbonyl (C=O) groups is 2. The van der Waals surface area contributed by atoms with E-state index in [1.807, 2.05) is 0 Å². The van der Waals surface area contributed by atoms with Crippen molar-refractivity contribution >= 4 is 12.0 Å². The van der Waals surface area contributed by atoms with Crippen LogP contribution in [0.1, 0.15) is 33.6 Å². The van der Waals surface area contributed by atoms with E-state index >= 15 is 0 Å². The van der Waals surface area contributed by atoms with Gasteiger partial charge in [-0.15, -0.1) is 0 Å². The van der Waals surface area contributed by atoms with E-state index in [4.69, 9.17) is 4.74 Å². The van der Waals surface area contributed by atoms with Crippen LogP contribution in [0.4, 0.5) is 9.18 Å². The number of carbonyl (C=O) groups excluding carboxylic acids is 2. The normalized spacial score (nSPS) is 22.8. The number of hydrogen-bond acceptors (Lipinski definition) is 3. The van der Waals surface area contributed by atoms with E-state index in [-0.39, 0.29) is 19.4 Å². The van der Waals surface area contributed by atoms with Gasteiger partial charge >= 0.3 is 6.09 Å². The van der Waals surface area contributed by atoms with Gasteiger partial charge in [0.15, 0.2) is 0 Å². The zero-order valence-corrected chi connectivity index (χ0v) is 9.25. The largest absolute Gasteiger partial charge is 0.443 e. The molecule has 0 spiro atoms. The highest BCUT2D eigenvalue weighted by molar-refractivity contribution is 5.92. The van der Waals surface area contributed by atoms with Crippen LogP contribution in [0.15, 0.2) is 0 Å². The number of piperidine rings is 1. The molecule has 0 bridgehead atoms. The summed E-state index contributed by atoms with van der Waals surface area (Å²) in [5, 5.41) is 0. The minimum Gasteiger partial charge on any atom is -0.443 e. The third-order valence-corrected chi connectivity index (χ3v) is 1.98. The van der Waals surface area contributed by atoms with E-state index in [1.165, 1.54) is 0 Å². The molecular weight excluding hydrogens is 201 g/mol. The summed E-state index contributed by atoms with van der Waals surface area (Å²) in [6, 6.07) is 0. The third kappa shape index (κ3) is 3.49. The fourth-order valence-corrected chi connectivity index (χ4v) is 1.31. The van der Waals surface area contributed by atoms with Crippen LogP contribution in [-0.4, -0.2) is 35.2 Å². The van der Waals surface area contributed by atoms with Crippen molar-refractivity contribution in [3.63, 3.8) is 0 Å². The van der Waals surface area contributed by atoms with Crippen LogP contribution < -0.4 is 0 Å². The quantitative estimate of drug-likeness (QED) is 0.622. The lowest BCUT2D eigenvalue weighted by Gasteiger charge is -2.29. The van der Waals surface area contributed by atoms with Crippen molar-refractivity contribution in [2.45, 2.75) is 45.4 Å². The Bertz CT molecular complexity index is 272. The second-order valence-electron chi connectivity index (χ2n) is 4.62. The molecule has 15 heavy (non-hydrogen) atoms. The van der Waals surface area contributed by atoms with Crippen LogP contribution in [0.2, 0.25) is 0 Å². The maximum Gasteiger partial charge on any atom is 0.417 e. The summed E-state index contributed by atoms with van der Waals surface area (Å²) in [4.78, 5) is 23.8. The van der Waals surface area contributed by atoms with Gasteiger partial charge in [0, 0.05) is 6.54 Å². The molecule has 0 aromatic heterocycles.